The van der Waals surface area contributed by atoms with Gasteiger partial charge in [-0.1, -0.05) is 6.07 Å². The molecule has 0 bridgehead atoms. The molecule has 1 heterocycles. The van der Waals surface area contributed by atoms with Crippen molar-refractivity contribution in [2.75, 3.05) is 11.9 Å². The fourth-order valence-electron chi connectivity index (χ4n) is 2.24. The first-order chi connectivity index (χ1) is 12.0. The molecule has 2 aromatic carbocycles. The van der Waals surface area contributed by atoms with Crippen LogP contribution < -0.4 is 10.1 Å². The van der Waals surface area contributed by atoms with E-state index in [0.717, 1.165) is 21.8 Å². The number of anilines is 1. The summed E-state index contributed by atoms with van der Waals surface area (Å²) in [4.78, 5) is 16.3. The Hall–Kier alpha value is -2.73. The lowest BCUT2D eigenvalue weighted by atomic mass is 10.2. The van der Waals surface area contributed by atoms with Gasteiger partial charge in [0.1, 0.15) is 16.6 Å². The molecule has 0 spiro atoms. The fourth-order valence-corrected chi connectivity index (χ4v) is 3.04. The Morgan fingerprint density at radius 3 is 2.60 bits per heavy atom. The van der Waals surface area contributed by atoms with E-state index in [0.29, 0.717) is 5.75 Å². The molecule has 3 aromatic rings. The van der Waals surface area contributed by atoms with Gasteiger partial charge < -0.3 is 10.1 Å². The number of thiazole rings is 1. The second kappa shape index (κ2) is 7.44. The molecule has 0 aliphatic carbocycles. The number of ether oxygens (including phenoxy) is 1. The molecule has 0 radical (unpaired) electrons. The van der Waals surface area contributed by atoms with Gasteiger partial charge in [-0.2, -0.15) is 0 Å². The molecule has 1 aromatic heterocycles. The molecule has 0 saturated heterocycles. The Morgan fingerprint density at radius 2 is 1.96 bits per heavy atom. The second-order valence-corrected chi connectivity index (χ2v) is 6.50. The number of rotatable bonds is 5. The molecule has 0 unspecified atom stereocenters. The second-order valence-electron chi connectivity index (χ2n) is 5.64. The monoisotopic (exact) mass is 356 g/mol. The van der Waals surface area contributed by atoms with Gasteiger partial charge in [-0.25, -0.2) is 9.37 Å². The van der Waals surface area contributed by atoms with Crippen LogP contribution in [0.15, 0.2) is 47.8 Å². The van der Waals surface area contributed by atoms with Crippen LogP contribution in [-0.4, -0.2) is 17.5 Å². The van der Waals surface area contributed by atoms with Crippen LogP contribution in [0.3, 0.4) is 0 Å². The molecule has 1 N–H and O–H groups in total. The van der Waals surface area contributed by atoms with Gasteiger partial charge in [-0.15, -0.1) is 11.3 Å². The van der Waals surface area contributed by atoms with E-state index in [9.17, 15) is 9.18 Å². The Labute approximate surface area is 149 Å². The number of halogens is 1. The van der Waals surface area contributed by atoms with Gasteiger partial charge in [0.25, 0.3) is 5.91 Å². The number of carbonyl (C=O) groups excluding carboxylic acids is 1. The number of nitrogens with zero attached hydrogens (tertiary/aromatic N) is 1. The third-order valence-corrected chi connectivity index (χ3v) is 4.50. The zero-order valence-corrected chi connectivity index (χ0v) is 14.7. The molecule has 0 atom stereocenters. The van der Waals surface area contributed by atoms with Crippen LogP contribution in [0.4, 0.5) is 10.1 Å². The summed E-state index contributed by atoms with van der Waals surface area (Å²) in [6.45, 7) is 3.55. The van der Waals surface area contributed by atoms with E-state index in [4.69, 9.17) is 4.74 Å². The van der Waals surface area contributed by atoms with Crippen molar-refractivity contribution in [2.24, 2.45) is 0 Å². The zero-order valence-electron chi connectivity index (χ0n) is 13.9. The van der Waals surface area contributed by atoms with Crippen LogP contribution in [0, 0.1) is 19.7 Å². The van der Waals surface area contributed by atoms with Gasteiger partial charge in [0, 0.05) is 16.6 Å². The number of hydrogen-bond donors (Lipinski definition) is 1. The van der Waals surface area contributed by atoms with Crippen LogP contribution in [0.1, 0.15) is 11.3 Å². The predicted octanol–water partition coefficient (Wildman–Crippen LogP) is 4.58. The molecule has 25 heavy (non-hydrogen) atoms. The van der Waals surface area contributed by atoms with Gasteiger partial charge in [0.15, 0.2) is 6.61 Å². The normalized spacial score (nSPS) is 10.5. The van der Waals surface area contributed by atoms with Gasteiger partial charge in [0.05, 0.1) is 5.69 Å². The van der Waals surface area contributed by atoms with Crippen molar-refractivity contribution in [3.8, 4) is 16.3 Å². The minimum Gasteiger partial charge on any atom is -0.484 e. The topological polar surface area (TPSA) is 51.2 Å². The summed E-state index contributed by atoms with van der Waals surface area (Å²) >= 11 is 1.58. The number of aromatic nitrogens is 1. The fraction of sp³-hybridized carbons (Fsp3) is 0.158. The number of aryl methyl sites for hydroxylation is 2. The summed E-state index contributed by atoms with van der Waals surface area (Å²) < 4.78 is 19.2. The lowest BCUT2D eigenvalue weighted by molar-refractivity contribution is -0.118. The molecule has 128 valence electrons. The van der Waals surface area contributed by atoms with E-state index >= 15 is 0 Å². The van der Waals surface area contributed by atoms with Crippen molar-refractivity contribution >= 4 is 22.9 Å². The van der Waals surface area contributed by atoms with Crippen LogP contribution >= 0.6 is 11.3 Å². The van der Waals surface area contributed by atoms with Crippen LogP contribution in [-0.2, 0) is 4.79 Å². The first-order valence-electron chi connectivity index (χ1n) is 7.72. The Morgan fingerprint density at radius 1 is 1.20 bits per heavy atom. The summed E-state index contributed by atoms with van der Waals surface area (Å²) in [5, 5.41) is 5.44. The molecule has 0 aliphatic rings. The van der Waals surface area contributed by atoms with E-state index in [-0.39, 0.29) is 12.3 Å². The number of benzene rings is 2. The van der Waals surface area contributed by atoms with Crippen molar-refractivity contribution in [3.05, 3.63) is 64.9 Å². The van der Waals surface area contributed by atoms with E-state index in [1.807, 2.05) is 24.4 Å². The first-order valence-corrected chi connectivity index (χ1v) is 8.60. The van der Waals surface area contributed by atoms with Crippen LogP contribution in [0.25, 0.3) is 10.6 Å². The van der Waals surface area contributed by atoms with Crippen molar-refractivity contribution in [1.29, 1.82) is 0 Å². The lowest BCUT2D eigenvalue weighted by Gasteiger charge is -2.09. The van der Waals surface area contributed by atoms with Crippen molar-refractivity contribution in [1.82, 2.24) is 4.98 Å². The van der Waals surface area contributed by atoms with Crippen LogP contribution in [0.5, 0.6) is 5.75 Å². The average Bonchev–Trinajstić information content (AvgIpc) is 3.02. The maximum absolute atomic E-state index is 13.7. The van der Waals surface area contributed by atoms with E-state index < -0.39 is 11.7 Å². The third kappa shape index (κ3) is 4.42. The summed E-state index contributed by atoms with van der Waals surface area (Å²) in [5.74, 6) is -0.310. The van der Waals surface area contributed by atoms with E-state index in [2.05, 4.69) is 10.3 Å². The third-order valence-electron chi connectivity index (χ3n) is 3.49. The number of nitrogens with one attached hydrogen (secondary N) is 1. The number of hydrogen-bond acceptors (Lipinski definition) is 4. The number of carbonyl (C=O) groups is 1. The van der Waals surface area contributed by atoms with Gasteiger partial charge >= 0.3 is 0 Å². The molecule has 3 rings (SSSR count). The molecule has 4 nitrogen and oxygen atoms in total. The van der Waals surface area contributed by atoms with Crippen LogP contribution in [0.2, 0.25) is 0 Å². The Bertz CT molecular complexity index is 891. The highest BCUT2D eigenvalue weighted by molar-refractivity contribution is 7.13. The smallest absolute Gasteiger partial charge is 0.262 e. The minimum absolute atomic E-state index is 0.147. The Kier molecular flexibility index (Phi) is 5.09. The summed E-state index contributed by atoms with van der Waals surface area (Å²) in [6.07, 6.45) is 0. The lowest BCUT2D eigenvalue weighted by Crippen LogP contribution is -2.20. The highest BCUT2D eigenvalue weighted by Crippen LogP contribution is 2.25. The average molecular weight is 356 g/mol. The maximum Gasteiger partial charge on any atom is 0.262 e. The molecule has 6 heteroatoms. The van der Waals surface area contributed by atoms with Gasteiger partial charge in [-0.05, 0) is 55.8 Å². The molecular weight excluding hydrogens is 339 g/mol. The minimum atomic E-state index is -0.462. The molecular formula is C19H17FN2O2S. The first kappa shape index (κ1) is 17.1. The van der Waals surface area contributed by atoms with Crippen molar-refractivity contribution < 1.29 is 13.9 Å². The van der Waals surface area contributed by atoms with Crippen molar-refractivity contribution in [2.45, 2.75) is 13.8 Å². The zero-order chi connectivity index (χ0) is 17.8. The molecule has 0 aliphatic heterocycles. The van der Waals surface area contributed by atoms with E-state index in [1.165, 1.54) is 12.1 Å². The van der Waals surface area contributed by atoms with E-state index in [1.54, 1.807) is 36.5 Å². The molecule has 0 fully saturated rings. The number of amides is 1. The quantitative estimate of drug-likeness (QED) is 0.728. The highest BCUT2D eigenvalue weighted by Gasteiger charge is 2.08. The summed E-state index contributed by atoms with van der Waals surface area (Å²) in [7, 11) is 0. The van der Waals surface area contributed by atoms with Crippen molar-refractivity contribution in [3.63, 3.8) is 0 Å². The molecule has 0 saturated carbocycles. The summed E-state index contributed by atoms with van der Waals surface area (Å²) in [5.41, 5.74) is 2.92. The van der Waals surface area contributed by atoms with Gasteiger partial charge in [-0.3, -0.25) is 4.79 Å². The largest absolute Gasteiger partial charge is 0.484 e. The maximum atomic E-state index is 13.7. The SMILES string of the molecule is Cc1ccc(NC(=O)COc2ccc(-c3nc(C)cs3)cc2)c(F)c1. The highest BCUT2D eigenvalue weighted by atomic mass is 32.1. The predicted molar refractivity (Wildman–Crippen MR) is 97.5 cm³/mol. The molecule has 1 amide bonds. The van der Waals surface area contributed by atoms with Gasteiger partial charge in [0.2, 0.25) is 0 Å². The standard InChI is InChI=1S/C19H17FN2O2S/c1-12-3-8-17(16(20)9-12)22-18(23)10-24-15-6-4-14(5-7-15)19-21-13(2)11-25-19/h3-9,11H,10H2,1-2H3,(H,22,23). The summed E-state index contributed by atoms with van der Waals surface area (Å²) in [6, 6.07) is 12.0. The Balaban J connectivity index is 1.57.